The molecule has 1 aliphatic heterocycles. The van der Waals surface area contributed by atoms with Crippen molar-refractivity contribution in [2.75, 3.05) is 35.9 Å². The van der Waals surface area contributed by atoms with E-state index in [9.17, 15) is 8.42 Å². The summed E-state index contributed by atoms with van der Waals surface area (Å²) in [4.78, 5) is 2.19. The quantitative estimate of drug-likeness (QED) is 0.892. The molecule has 1 saturated heterocycles. The van der Waals surface area contributed by atoms with Crippen molar-refractivity contribution in [2.24, 2.45) is 0 Å². The number of ether oxygens (including phenoxy) is 1. The summed E-state index contributed by atoms with van der Waals surface area (Å²) in [5.41, 5.74) is 1.51. The molecule has 1 fully saturated rings. The van der Waals surface area contributed by atoms with Crippen LogP contribution in [0.2, 0.25) is 0 Å². The lowest BCUT2D eigenvalue weighted by molar-refractivity contribution is 0.122. The Morgan fingerprint density at radius 3 is 2.48 bits per heavy atom. The molecule has 0 amide bonds. The van der Waals surface area contributed by atoms with E-state index < -0.39 is 15.3 Å². The van der Waals surface area contributed by atoms with Crippen LogP contribution in [0.4, 0.5) is 11.4 Å². The lowest BCUT2D eigenvalue weighted by Crippen LogP contribution is -2.36. The van der Waals surface area contributed by atoms with Crippen LogP contribution in [-0.4, -0.2) is 40.0 Å². The fraction of sp³-hybridized carbons (Fsp3) is 0.500. The van der Waals surface area contributed by atoms with Crippen molar-refractivity contribution in [3.8, 4) is 6.07 Å². The molecule has 7 heteroatoms. The van der Waals surface area contributed by atoms with E-state index in [1.807, 2.05) is 12.1 Å². The van der Waals surface area contributed by atoms with Crippen molar-refractivity contribution in [3.05, 3.63) is 24.3 Å². The van der Waals surface area contributed by atoms with Crippen LogP contribution in [0.25, 0.3) is 0 Å². The number of anilines is 2. The molecular formula is C14H19N3O3S. The van der Waals surface area contributed by atoms with Gasteiger partial charge in [0.1, 0.15) is 0 Å². The Kier molecular flexibility index (Phi) is 5.04. The van der Waals surface area contributed by atoms with Crippen molar-refractivity contribution >= 4 is 21.4 Å². The zero-order valence-corrected chi connectivity index (χ0v) is 12.8. The number of rotatable bonds is 5. The highest BCUT2D eigenvalue weighted by atomic mass is 32.2. The van der Waals surface area contributed by atoms with E-state index in [0.29, 0.717) is 18.9 Å². The smallest absolute Gasteiger partial charge is 0.249 e. The van der Waals surface area contributed by atoms with E-state index in [-0.39, 0.29) is 6.42 Å². The Bertz CT molecular complexity index is 601. The zero-order valence-electron chi connectivity index (χ0n) is 11.9. The molecule has 1 heterocycles. The van der Waals surface area contributed by atoms with Crippen LogP contribution in [0.1, 0.15) is 13.3 Å². The molecule has 1 aromatic rings. The maximum Gasteiger partial charge on any atom is 0.249 e. The third kappa shape index (κ3) is 3.86. The third-order valence-electron chi connectivity index (χ3n) is 3.39. The van der Waals surface area contributed by atoms with Gasteiger partial charge in [-0.05, 0) is 30.7 Å². The van der Waals surface area contributed by atoms with E-state index in [4.69, 9.17) is 10.00 Å². The van der Waals surface area contributed by atoms with E-state index in [1.54, 1.807) is 25.1 Å². The van der Waals surface area contributed by atoms with Crippen LogP contribution in [0.3, 0.4) is 0 Å². The van der Waals surface area contributed by atoms with Crippen LogP contribution in [0.5, 0.6) is 0 Å². The highest BCUT2D eigenvalue weighted by Gasteiger charge is 2.23. The van der Waals surface area contributed by atoms with Crippen molar-refractivity contribution in [2.45, 2.75) is 18.6 Å². The molecule has 1 N–H and O–H groups in total. The Morgan fingerprint density at radius 1 is 1.33 bits per heavy atom. The minimum absolute atomic E-state index is 0.262. The Labute approximate surface area is 125 Å². The highest BCUT2D eigenvalue weighted by Crippen LogP contribution is 2.20. The summed E-state index contributed by atoms with van der Waals surface area (Å²) in [5, 5.41) is 7.84. The number of nitrogens with zero attached hydrogens (tertiary/aromatic N) is 2. The Balaban J connectivity index is 2.07. The fourth-order valence-corrected chi connectivity index (χ4v) is 3.36. The van der Waals surface area contributed by atoms with Crippen molar-refractivity contribution in [1.29, 1.82) is 5.26 Å². The van der Waals surface area contributed by atoms with Gasteiger partial charge >= 0.3 is 0 Å². The van der Waals surface area contributed by atoms with Crippen molar-refractivity contribution in [3.63, 3.8) is 0 Å². The molecule has 0 bridgehead atoms. The van der Waals surface area contributed by atoms with Gasteiger partial charge in [0.25, 0.3) is 0 Å². The molecule has 0 aromatic heterocycles. The lowest BCUT2D eigenvalue weighted by Gasteiger charge is -2.28. The van der Waals surface area contributed by atoms with Crippen molar-refractivity contribution < 1.29 is 13.2 Å². The predicted octanol–water partition coefficient (Wildman–Crippen LogP) is 1.57. The average Bonchev–Trinajstić information content (AvgIpc) is 2.49. The predicted molar refractivity (Wildman–Crippen MR) is 81.7 cm³/mol. The van der Waals surface area contributed by atoms with E-state index in [2.05, 4.69) is 9.62 Å². The number of nitriles is 1. The molecule has 2 rings (SSSR count). The van der Waals surface area contributed by atoms with E-state index in [0.717, 1.165) is 18.8 Å². The molecule has 1 atom stereocenters. The number of morpholine rings is 1. The Hall–Kier alpha value is -1.78. The molecule has 0 spiro atoms. The van der Waals surface area contributed by atoms with Crippen molar-refractivity contribution in [1.82, 2.24) is 0 Å². The molecule has 0 radical (unpaired) electrons. The van der Waals surface area contributed by atoms with Gasteiger partial charge in [-0.25, -0.2) is 8.42 Å². The Morgan fingerprint density at radius 2 is 1.95 bits per heavy atom. The minimum atomic E-state index is -3.66. The highest BCUT2D eigenvalue weighted by molar-refractivity contribution is 7.93. The molecule has 114 valence electrons. The first kappa shape index (κ1) is 15.6. The number of hydrogen-bond acceptors (Lipinski definition) is 5. The van der Waals surface area contributed by atoms with Gasteiger partial charge in [-0.15, -0.1) is 0 Å². The number of hydrogen-bond donors (Lipinski definition) is 1. The van der Waals surface area contributed by atoms with Crippen LogP contribution in [0.15, 0.2) is 24.3 Å². The van der Waals surface area contributed by atoms with Gasteiger partial charge in [-0.2, -0.15) is 5.26 Å². The van der Waals surface area contributed by atoms with Gasteiger partial charge in [-0.3, -0.25) is 4.72 Å². The second kappa shape index (κ2) is 6.78. The summed E-state index contributed by atoms with van der Waals surface area (Å²) in [5.74, 6) is 0. The topological polar surface area (TPSA) is 82.4 Å². The number of benzene rings is 1. The summed E-state index contributed by atoms with van der Waals surface area (Å²) in [6, 6.07) is 8.98. The van der Waals surface area contributed by atoms with E-state index >= 15 is 0 Å². The molecule has 1 aromatic carbocycles. The van der Waals surface area contributed by atoms with Gasteiger partial charge < -0.3 is 9.64 Å². The van der Waals surface area contributed by atoms with Gasteiger partial charge in [0.2, 0.25) is 10.0 Å². The largest absolute Gasteiger partial charge is 0.378 e. The first-order valence-electron chi connectivity index (χ1n) is 6.91. The van der Waals surface area contributed by atoms with Crippen LogP contribution >= 0.6 is 0 Å². The van der Waals surface area contributed by atoms with Gasteiger partial charge in [0, 0.05) is 24.5 Å². The van der Waals surface area contributed by atoms with Gasteiger partial charge in [-0.1, -0.05) is 6.92 Å². The summed E-state index contributed by atoms with van der Waals surface area (Å²) >= 11 is 0. The first-order valence-corrected chi connectivity index (χ1v) is 8.45. The maximum atomic E-state index is 12.0. The molecule has 1 aliphatic rings. The van der Waals surface area contributed by atoms with E-state index in [1.165, 1.54) is 0 Å². The SMILES string of the molecule is CCC(C#N)S(=O)(=O)Nc1ccc(N2CCOCC2)cc1. The van der Waals surface area contributed by atoms with Crippen LogP contribution in [0, 0.1) is 11.3 Å². The summed E-state index contributed by atoms with van der Waals surface area (Å²) < 4.78 is 31.7. The van der Waals surface area contributed by atoms with Crippen LogP contribution < -0.4 is 9.62 Å². The second-order valence-corrected chi connectivity index (χ2v) is 6.68. The van der Waals surface area contributed by atoms with Gasteiger partial charge in [0.05, 0.1) is 19.3 Å². The molecule has 0 saturated carbocycles. The molecule has 6 nitrogen and oxygen atoms in total. The normalized spacial score (nSPS) is 17.0. The van der Waals surface area contributed by atoms with Gasteiger partial charge in [0.15, 0.2) is 5.25 Å². The minimum Gasteiger partial charge on any atom is -0.378 e. The summed E-state index contributed by atoms with van der Waals surface area (Å²) in [7, 11) is -3.66. The third-order valence-corrected chi connectivity index (χ3v) is 5.10. The molecule has 0 aliphatic carbocycles. The fourth-order valence-electron chi connectivity index (χ4n) is 2.18. The maximum absolute atomic E-state index is 12.0. The average molecular weight is 309 g/mol. The molecular weight excluding hydrogens is 290 g/mol. The first-order chi connectivity index (χ1) is 10.1. The molecule has 1 unspecified atom stereocenters. The summed E-state index contributed by atoms with van der Waals surface area (Å²) in [6.07, 6.45) is 0.262. The monoisotopic (exact) mass is 309 g/mol. The standard InChI is InChI=1S/C14H19N3O3S/c1-2-14(11-15)21(18,19)16-12-3-5-13(6-4-12)17-7-9-20-10-8-17/h3-6,14,16H,2,7-10H2,1H3. The zero-order chi connectivity index (χ0) is 15.3. The lowest BCUT2D eigenvalue weighted by atomic mass is 10.2. The number of sulfonamides is 1. The summed E-state index contributed by atoms with van der Waals surface area (Å²) in [6.45, 7) is 4.74. The number of nitrogens with one attached hydrogen (secondary N) is 1. The molecule has 21 heavy (non-hydrogen) atoms. The second-order valence-electron chi connectivity index (χ2n) is 4.82. The van der Waals surface area contributed by atoms with Crippen LogP contribution in [-0.2, 0) is 14.8 Å².